The second kappa shape index (κ2) is 8.13. The van der Waals surface area contributed by atoms with Crippen LogP contribution in [0.4, 0.5) is 4.39 Å². The highest BCUT2D eigenvalue weighted by Gasteiger charge is 2.41. The van der Waals surface area contributed by atoms with Crippen molar-refractivity contribution in [3.63, 3.8) is 0 Å². The van der Waals surface area contributed by atoms with Crippen LogP contribution in [0.15, 0.2) is 54.6 Å². The summed E-state index contributed by atoms with van der Waals surface area (Å²) in [4.78, 5) is 27.5. The highest BCUT2D eigenvalue weighted by molar-refractivity contribution is 5.84. The molecule has 2 unspecified atom stereocenters. The standard InChI is InChI=1S/C23H25FN2O2/c24-20-9-5-4-8-18(20)14-25-22(27)19-12-13-21(16-6-2-1-3-7-16)26(15-19)23(28)17-10-11-17/h1-9,17,19,21H,10-15H2,(H,25,27). The van der Waals surface area contributed by atoms with Crippen LogP contribution in [0.3, 0.4) is 0 Å². The molecule has 0 radical (unpaired) electrons. The zero-order chi connectivity index (χ0) is 19.5. The van der Waals surface area contributed by atoms with E-state index in [1.165, 1.54) is 6.07 Å². The van der Waals surface area contributed by atoms with E-state index in [2.05, 4.69) is 17.4 Å². The SMILES string of the molecule is O=C(NCc1ccccc1F)C1CCC(c2ccccc2)N(C(=O)C2CC2)C1. The smallest absolute Gasteiger partial charge is 0.226 e. The number of likely N-dealkylation sites (tertiary alicyclic amines) is 1. The minimum absolute atomic E-state index is 0.0323. The Morgan fingerprint density at radius 3 is 2.32 bits per heavy atom. The van der Waals surface area contributed by atoms with Crippen molar-refractivity contribution in [1.82, 2.24) is 10.2 Å². The maximum absolute atomic E-state index is 13.8. The van der Waals surface area contributed by atoms with Gasteiger partial charge in [-0.1, -0.05) is 48.5 Å². The monoisotopic (exact) mass is 380 g/mol. The largest absolute Gasteiger partial charge is 0.352 e. The molecule has 0 aromatic heterocycles. The molecule has 1 aliphatic heterocycles. The molecule has 2 aliphatic rings. The maximum Gasteiger partial charge on any atom is 0.226 e. The van der Waals surface area contributed by atoms with E-state index in [9.17, 15) is 14.0 Å². The normalized spacial score (nSPS) is 22.0. The fourth-order valence-corrected chi connectivity index (χ4v) is 3.98. The quantitative estimate of drug-likeness (QED) is 0.857. The number of amides is 2. The van der Waals surface area contributed by atoms with Crippen LogP contribution in [-0.2, 0) is 16.1 Å². The second-order valence-electron chi connectivity index (χ2n) is 7.77. The minimum atomic E-state index is -0.318. The molecule has 1 saturated heterocycles. The number of piperidine rings is 1. The van der Waals surface area contributed by atoms with Crippen molar-refractivity contribution in [2.75, 3.05) is 6.54 Å². The molecule has 1 N–H and O–H groups in total. The number of hydrogen-bond donors (Lipinski definition) is 1. The lowest BCUT2D eigenvalue weighted by molar-refractivity contribution is -0.140. The van der Waals surface area contributed by atoms with Gasteiger partial charge in [-0.25, -0.2) is 4.39 Å². The van der Waals surface area contributed by atoms with E-state index in [1.807, 2.05) is 23.1 Å². The molecular weight excluding hydrogens is 355 g/mol. The number of benzene rings is 2. The molecule has 2 aromatic rings. The number of nitrogens with zero attached hydrogens (tertiary/aromatic N) is 1. The zero-order valence-electron chi connectivity index (χ0n) is 15.8. The lowest BCUT2D eigenvalue weighted by Crippen LogP contribution is -2.47. The van der Waals surface area contributed by atoms with Crippen molar-refractivity contribution < 1.29 is 14.0 Å². The molecule has 1 heterocycles. The molecule has 2 fully saturated rings. The van der Waals surface area contributed by atoms with Gasteiger partial charge in [0.2, 0.25) is 11.8 Å². The molecule has 1 aliphatic carbocycles. The third kappa shape index (κ3) is 4.08. The molecule has 4 rings (SSSR count). The number of halogens is 1. The van der Waals surface area contributed by atoms with Gasteiger partial charge in [-0.2, -0.15) is 0 Å². The number of nitrogens with one attached hydrogen (secondary N) is 1. The summed E-state index contributed by atoms with van der Waals surface area (Å²) in [6.07, 6.45) is 3.37. The van der Waals surface area contributed by atoms with Crippen LogP contribution < -0.4 is 5.32 Å². The van der Waals surface area contributed by atoms with E-state index in [-0.39, 0.29) is 42.1 Å². The Bertz CT molecular complexity index is 851. The van der Waals surface area contributed by atoms with E-state index >= 15 is 0 Å². The van der Waals surface area contributed by atoms with Gasteiger partial charge < -0.3 is 10.2 Å². The summed E-state index contributed by atoms with van der Waals surface area (Å²) in [5, 5.41) is 2.85. The summed E-state index contributed by atoms with van der Waals surface area (Å²) in [6.45, 7) is 0.596. The van der Waals surface area contributed by atoms with Crippen LogP contribution >= 0.6 is 0 Å². The minimum Gasteiger partial charge on any atom is -0.352 e. The van der Waals surface area contributed by atoms with Gasteiger partial charge in [0.05, 0.1) is 12.0 Å². The summed E-state index contributed by atoms with van der Waals surface area (Å²) in [5.74, 6) is -0.397. The van der Waals surface area contributed by atoms with Crippen LogP contribution in [0.5, 0.6) is 0 Å². The van der Waals surface area contributed by atoms with Gasteiger partial charge in [-0.15, -0.1) is 0 Å². The van der Waals surface area contributed by atoms with E-state index in [0.29, 0.717) is 12.1 Å². The zero-order valence-corrected chi connectivity index (χ0v) is 15.8. The number of rotatable bonds is 5. The summed E-state index contributed by atoms with van der Waals surface area (Å²) >= 11 is 0. The Morgan fingerprint density at radius 1 is 0.929 bits per heavy atom. The Hall–Kier alpha value is -2.69. The first-order chi connectivity index (χ1) is 13.6. The van der Waals surface area contributed by atoms with Crippen molar-refractivity contribution >= 4 is 11.8 Å². The Morgan fingerprint density at radius 2 is 1.61 bits per heavy atom. The van der Waals surface area contributed by atoms with Gasteiger partial charge in [-0.3, -0.25) is 9.59 Å². The highest BCUT2D eigenvalue weighted by Crippen LogP contribution is 2.39. The molecule has 2 amide bonds. The van der Waals surface area contributed by atoms with Crippen molar-refractivity contribution in [2.24, 2.45) is 11.8 Å². The number of carbonyl (C=O) groups excluding carboxylic acids is 2. The van der Waals surface area contributed by atoms with E-state index in [0.717, 1.165) is 31.2 Å². The first-order valence-corrected chi connectivity index (χ1v) is 10.00. The van der Waals surface area contributed by atoms with Crippen molar-refractivity contribution in [2.45, 2.75) is 38.3 Å². The van der Waals surface area contributed by atoms with E-state index in [1.54, 1.807) is 18.2 Å². The fourth-order valence-electron chi connectivity index (χ4n) is 3.98. The number of carbonyl (C=O) groups is 2. The van der Waals surface area contributed by atoms with Crippen molar-refractivity contribution in [3.8, 4) is 0 Å². The second-order valence-corrected chi connectivity index (χ2v) is 7.77. The third-order valence-electron chi connectivity index (χ3n) is 5.76. The van der Waals surface area contributed by atoms with E-state index in [4.69, 9.17) is 0 Å². The molecule has 4 nitrogen and oxygen atoms in total. The van der Waals surface area contributed by atoms with Crippen LogP contribution in [-0.4, -0.2) is 23.3 Å². The summed E-state index contributed by atoms with van der Waals surface area (Å²) < 4.78 is 13.8. The average Bonchev–Trinajstić information content (AvgIpc) is 3.58. The molecule has 2 aromatic carbocycles. The van der Waals surface area contributed by atoms with Gasteiger partial charge in [0, 0.05) is 24.6 Å². The van der Waals surface area contributed by atoms with E-state index < -0.39 is 0 Å². The Labute approximate surface area is 164 Å². The lowest BCUT2D eigenvalue weighted by Gasteiger charge is -2.39. The number of hydrogen-bond acceptors (Lipinski definition) is 2. The molecular formula is C23H25FN2O2. The van der Waals surface area contributed by atoms with Gasteiger partial charge in [0.1, 0.15) is 5.82 Å². The Kier molecular flexibility index (Phi) is 5.42. The predicted octanol–water partition coefficient (Wildman–Crippen LogP) is 3.83. The first kappa shape index (κ1) is 18.7. The summed E-state index contributed by atoms with van der Waals surface area (Å²) in [5.41, 5.74) is 1.60. The van der Waals surface area contributed by atoms with Crippen molar-refractivity contribution in [1.29, 1.82) is 0 Å². The average molecular weight is 380 g/mol. The van der Waals surface area contributed by atoms with Gasteiger partial charge in [0.25, 0.3) is 0 Å². The lowest BCUT2D eigenvalue weighted by atomic mass is 9.88. The fraction of sp³-hybridized carbons (Fsp3) is 0.391. The van der Waals surface area contributed by atoms with Crippen LogP contribution in [0.1, 0.15) is 42.9 Å². The maximum atomic E-state index is 13.8. The van der Waals surface area contributed by atoms with Gasteiger partial charge in [-0.05, 0) is 37.3 Å². The molecule has 1 saturated carbocycles. The molecule has 0 spiro atoms. The topological polar surface area (TPSA) is 49.4 Å². The van der Waals surface area contributed by atoms with Gasteiger partial charge >= 0.3 is 0 Å². The van der Waals surface area contributed by atoms with Crippen LogP contribution in [0.25, 0.3) is 0 Å². The Balaban J connectivity index is 1.44. The molecule has 146 valence electrons. The predicted molar refractivity (Wildman–Crippen MR) is 105 cm³/mol. The highest BCUT2D eigenvalue weighted by atomic mass is 19.1. The molecule has 2 atom stereocenters. The molecule has 5 heteroatoms. The molecule has 0 bridgehead atoms. The van der Waals surface area contributed by atoms with Crippen LogP contribution in [0.2, 0.25) is 0 Å². The summed E-state index contributed by atoms with van der Waals surface area (Å²) in [7, 11) is 0. The van der Waals surface area contributed by atoms with Crippen LogP contribution in [0, 0.1) is 17.7 Å². The van der Waals surface area contributed by atoms with Gasteiger partial charge in [0.15, 0.2) is 0 Å². The molecule has 28 heavy (non-hydrogen) atoms. The third-order valence-corrected chi connectivity index (χ3v) is 5.76. The van der Waals surface area contributed by atoms with Crippen molar-refractivity contribution in [3.05, 3.63) is 71.5 Å². The summed E-state index contributed by atoms with van der Waals surface area (Å²) in [6, 6.07) is 16.5. The first-order valence-electron chi connectivity index (χ1n) is 10.00.